The van der Waals surface area contributed by atoms with Crippen molar-refractivity contribution in [3.05, 3.63) is 0 Å². The molecule has 0 spiro atoms. The largest absolute Gasteiger partial charge is 0 e. The maximum absolute atomic E-state index is 10.3. The summed E-state index contributed by atoms with van der Waals surface area (Å²) < 4.78 is 0. The summed E-state index contributed by atoms with van der Waals surface area (Å²) in [6.45, 7) is 1.26. The van der Waals surface area contributed by atoms with Crippen molar-refractivity contribution in [3.8, 4) is 0 Å². The van der Waals surface area contributed by atoms with E-state index in [1.807, 2.05) is 0 Å². The van der Waals surface area contributed by atoms with Crippen LogP contribution in [-0.4, -0.2) is 63.8 Å². The number of hydrogen-bond donors (Lipinski definition) is 3. The SMILES string of the molecule is CC(=O)N[C@@H](CS)C(=O)O.O.[NaH].[Zn]. The Morgan fingerprint density at radius 3 is 2.00 bits per heavy atom. The maximum atomic E-state index is 10.3. The van der Waals surface area contributed by atoms with Gasteiger partial charge in [-0.3, -0.25) is 4.79 Å². The van der Waals surface area contributed by atoms with Gasteiger partial charge in [0.1, 0.15) is 6.04 Å². The Hall–Kier alpha value is 0.873. The molecule has 0 saturated carbocycles. The quantitative estimate of drug-likeness (QED) is 0.410. The molecule has 0 bridgehead atoms. The number of aliphatic carboxylic acids is 1. The summed E-state index contributed by atoms with van der Waals surface area (Å²) in [6, 6.07) is -0.874. The average Bonchev–Trinajstić information content (AvgIpc) is 1.81. The van der Waals surface area contributed by atoms with Gasteiger partial charge in [-0.15, -0.1) is 0 Å². The molecule has 0 saturated heterocycles. The standard InChI is InChI=1S/C5H9NO3S.Na.H2O.Zn.H/c1-3(7)6-4(2-10)5(8)9;;;;/h4,10H,2H2,1H3,(H,6,7)(H,8,9);;1H2;;/t4-;;;;/m0..../s1. The molecule has 0 aromatic heterocycles. The molecule has 0 fully saturated rings. The summed E-state index contributed by atoms with van der Waals surface area (Å²) >= 11 is 3.73. The summed E-state index contributed by atoms with van der Waals surface area (Å²) in [5, 5.41) is 10.6. The van der Waals surface area contributed by atoms with E-state index in [1.165, 1.54) is 6.92 Å². The molecule has 0 aromatic rings. The van der Waals surface area contributed by atoms with E-state index in [-0.39, 0.29) is 66.2 Å². The fraction of sp³-hybridized carbons (Fsp3) is 0.600. The number of carboxylic acids is 1. The summed E-state index contributed by atoms with van der Waals surface area (Å²) in [5.74, 6) is -1.32. The van der Waals surface area contributed by atoms with E-state index in [2.05, 4.69) is 17.9 Å². The molecule has 0 heterocycles. The summed E-state index contributed by atoms with van der Waals surface area (Å²) in [7, 11) is 0. The van der Waals surface area contributed by atoms with Crippen molar-refractivity contribution in [1.29, 1.82) is 0 Å². The second kappa shape index (κ2) is 12.9. The molecule has 4 N–H and O–H groups in total. The number of nitrogens with one attached hydrogen (secondary N) is 1. The van der Waals surface area contributed by atoms with Gasteiger partial charge < -0.3 is 15.9 Å². The molecule has 5 nitrogen and oxygen atoms in total. The zero-order chi connectivity index (χ0) is 8.15. The number of hydrogen-bond acceptors (Lipinski definition) is 3. The molecule has 70 valence electrons. The third kappa shape index (κ3) is 12.9. The van der Waals surface area contributed by atoms with Crippen LogP contribution in [0.4, 0.5) is 0 Å². The molecule has 8 heteroatoms. The molecule has 13 heavy (non-hydrogen) atoms. The van der Waals surface area contributed by atoms with Gasteiger partial charge in [-0.05, 0) is 0 Å². The Kier molecular flexibility index (Phi) is 23.4. The van der Waals surface area contributed by atoms with Crippen molar-refractivity contribution in [2.45, 2.75) is 13.0 Å². The van der Waals surface area contributed by atoms with Crippen LogP contribution in [0, 0.1) is 0 Å². The van der Waals surface area contributed by atoms with E-state index in [0.717, 1.165) is 0 Å². The van der Waals surface area contributed by atoms with Crippen molar-refractivity contribution >= 4 is 54.1 Å². The molecule has 0 aliphatic carbocycles. The molecule has 1 amide bonds. The first-order chi connectivity index (χ1) is 4.57. The predicted octanol–water partition coefficient (Wildman–Crippen LogP) is -1.97. The number of carbonyl (C=O) groups is 2. The number of thiol groups is 1. The van der Waals surface area contributed by atoms with Crippen LogP contribution >= 0.6 is 12.6 Å². The third-order valence-corrected chi connectivity index (χ3v) is 1.22. The first kappa shape index (κ1) is 23.6. The van der Waals surface area contributed by atoms with Crippen LogP contribution < -0.4 is 5.32 Å². The Bertz CT molecular complexity index is 159. The average molecular weight is 271 g/mol. The van der Waals surface area contributed by atoms with Gasteiger partial charge in [0, 0.05) is 32.2 Å². The van der Waals surface area contributed by atoms with Gasteiger partial charge >= 0.3 is 35.5 Å². The van der Waals surface area contributed by atoms with Gasteiger partial charge in [0.25, 0.3) is 0 Å². The van der Waals surface area contributed by atoms with Crippen LogP contribution in [0.15, 0.2) is 0 Å². The Morgan fingerprint density at radius 1 is 1.54 bits per heavy atom. The molecule has 1 atom stereocenters. The zero-order valence-corrected chi connectivity index (χ0v) is 10.6. The van der Waals surface area contributed by atoms with Crippen LogP contribution in [0.3, 0.4) is 0 Å². The minimum absolute atomic E-state index is 0. The second-order valence-electron chi connectivity index (χ2n) is 1.77. The second-order valence-corrected chi connectivity index (χ2v) is 2.14. The van der Waals surface area contributed by atoms with Crippen molar-refractivity contribution in [3.63, 3.8) is 0 Å². The Morgan fingerprint density at radius 2 is 1.92 bits per heavy atom. The van der Waals surface area contributed by atoms with Gasteiger partial charge in [-0.2, -0.15) is 12.6 Å². The number of carbonyl (C=O) groups excluding carboxylic acids is 1. The fourth-order valence-corrected chi connectivity index (χ4v) is 0.678. The molecule has 0 aliphatic heterocycles. The Labute approximate surface area is 117 Å². The summed E-state index contributed by atoms with van der Waals surface area (Å²) in [5.41, 5.74) is 0. The van der Waals surface area contributed by atoms with Gasteiger partial charge in [0.2, 0.25) is 5.91 Å². The van der Waals surface area contributed by atoms with E-state index in [0.29, 0.717) is 0 Å². The van der Waals surface area contributed by atoms with Crippen molar-refractivity contribution < 1.29 is 39.6 Å². The van der Waals surface area contributed by atoms with Crippen LogP contribution in [0.2, 0.25) is 0 Å². The van der Waals surface area contributed by atoms with E-state index < -0.39 is 12.0 Å². The van der Waals surface area contributed by atoms with Crippen molar-refractivity contribution in [2.75, 3.05) is 5.75 Å². The molecular formula is C5H12NNaO4SZn. The van der Waals surface area contributed by atoms with Gasteiger partial charge in [0.15, 0.2) is 0 Å². The monoisotopic (exact) mass is 269 g/mol. The first-order valence-electron chi connectivity index (χ1n) is 2.68. The zero-order valence-electron chi connectivity index (χ0n) is 6.70. The minimum Gasteiger partial charge on any atom is 0 e. The van der Waals surface area contributed by atoms with Crippen LogP contribution in [-0.2, 0) is 29.1 Å². The van der Waals surface area contributed by atoms with Gasteiger partial charge in [-0.1, -0.05) is 0 Å². The van der Waals surface area contributed by atoms with Crippen LogP contribution in [0.25, 0.3) is 0 Å². The number of rotatable bonds is 3. The first-order valence-corrected chi connectivity index (χ1v) is 3.32. The van der Waals surface area contributed by atoms with Crippen molar-refractivity contribution in [1.82, 2.24) is 5.32 Å². The topological polar surface area (TPSA) is 97.9 Å². The molecule has 0 aromatic carbocycles. The maximum Gasteiger partial charge on any atom is 0 e. The fourth-order valence-electron chi connectivity index (χ4n) is 0.431. The third-order valence-electron chi connectivity index (χ3n) is 0.858. The number of carboxylic acid groups (broad SMARTS) is 1. The van der Waals surface area contributed by atoms with Crippen LogP contribution in [0.1, 0.15) is 6.92 Å². The minimum atomic E-state index is -1.06. The van der Waals surface area contributed by atoms with E-state index in [1.54, 1.807) is 0 Å². The van der Waals surface area contributed by atoms with E-state index in [4.69, 9.17) is 5.11 Å². The predicted molar refractivity (Wildman–Crippen MR) is 49.9 cm³/mol. The Balaban J connectivity index is -0.000000135. The molecule has 0 rings (SSSR count). The number of amides is 1. The van der Waals surface area contributed by atoms with Crippen molar-refractivity contribution in [2.24, 2.45) is 0 Å². The van der Waals surface area contributed by atoms with E-state index in [9.17, 15) is 9.59 Å². The molecule has 0 aliphatic rings. The van der Waals surface area contributed by atoms with Crippen LogP contribution in [0.5, 0.6) is 0 Å². The molecular weight excluding hydrogens is 259 g/mol. The van der Waals surface area contributed by atoms with Gasteiger partial charge in [0.05, 0.1) is 0 Å². The van der Waals surface area contributed by atoms with E-state index >= 15 is 0 Å². The molecule has 0 radical (unpaired) electrons. The smallest absolute Gasteiger partial charge is 0 e. The van der Waals surface area contributed by atoms with Gasteiger partial charge in [-0.25, -0.2) is 4.79 Å². The summed E-state index contributed by atoms with van der Waals surface area (Å²) in [6.07, 6.45) is 0. The summed E-state index contributed by atoms with van der Waals surface area (Å²) in [4.78, 5) is 20.5. The molecule has 0 unspecified atom stereocenters. The normalized spacial score (nSPS) is 9.38.